The van der Waals surface area contributed by atoms with Gasteiger partial charge in [-0.15, -0.1) is 0 Å². The molecule has 31 heavy (non-hydrogen) atoms. The molecule has 0 aromatic heterocycles. The number of amides is 1. The van der Waals surface area contributed by atoms with Crippen molar-refractivity contribution in [2.45, 2.75) is 26.0 Å². The number of benzene rings is 2. The van der Waals surface area contributed by atoms with Crippen molar-refractivity contribution in [2.24, 2.45) is 0 Å². The average Bonchev–Trinajstić information content (AvgIpc) is 2.98. The summed E-state index contributed by atoms with van der Waals surface area (Å²) in [7, 11) is 1.44. The highest BCUT2D eigenvalue weighted by molar-refractivity contribution is 6.47. The SMILES string of the molecule is COc1ccc(Cl)c(/C(O)=C2\C(=O)C(=O)N(CCOC(C)C)C2c2ccccc2F)c1. The quantitative estimate of drug-likeness (QED) is 0.388. The minimum absolute atomic E-state index is 0.0460. The number of ether oxygens (including phenoxy) is 2. The molecule has 0 saturated carbocycles. The number of Topliss-reactive ketones (excluding diaryl/α,β-unsaturated/α-hetero) is 1. The van der Waals surface area contributed by atoms with Crippen molar-refractivity contribution in [3.63, 3.8) is 0 Å². The standard InChI is InChI=1S/C23H23ClFNO5/c1-13(2)31-11-10-26-20(15-6-4-5-7-18(15)25)19(22(28)23(26)29)21(27)16-12-14(30-3)8-9-17(16)24/h4-9,12-13,20,27H,10-11H2,1-3H3/b21-19+. The molecule has 1 N–H and O–H groups in total. The van der Waals surface area contributed by atoms with E-state index in [0.717, 1.165) is 0 Å². The summed E-state index contributed by atoms with van der Waals surface area (Å²) in [5.74, 6) is -2.47. The van der Waals surface area contributed by atoms with Crippen molar-refractivity contribution in [1.82, 2.24) is 4.90 Å². The van der Waals surface area contributed by atoms with Crippen LogP contribution >= 0.6 is 11.6 Å². The Bertz CT molecular complexity index is 1040. The van der Waals surface area contributed by atoms with E-state index in [-0.39, 0.29) is 41.0 Å². The molecule has 8 heteroatoms. The van der Waals surface area contributed by atoms with Gasteiger partial charge in [0.15, 0.2) is 0 Å². The second kappa shape index (κ2) is 9.49. The molecule has 164 valence electrons. The summed E-state index contributed by atoms with van der Waals surface area (Å²) < 4.78 is 25.4. The van der Waals surface area contributed by atoms with Gasteiger partial charge in [-0.3, -0.25) is 9.59 Å². The van der Waals surface area contributed by atoms with E-state index in [1.807, 2.05) is 13.8 Å². The second-order valence-corrected chi connectivity index (χ2v) is 7.69. The van der Waals surface area contributed by atoms with Crippen molar-refractivity contribution in [2.75, 3.05) is 20.3 Å². The van der Waals surface area contributed by atoms with Gasteiger partial charge in [0.25, 0.3) is 11.7 Å². The highest BCUT2D eigenvalue weighted by Gasteiger charge is 2.47. The molecule has 3 rings (SSSR count). The average molecular weight is 448 g/mol. The Morgan fingerprint density at radius 1 is 1.23 bits per heavy atom. The van der Waals surface area contributed by atoms with Crippen LogP contribution in [0, 0.1) is 5.82 Å². The van der Waals surface area contributed by atoms with Gasteiger partial charge in [0, 0.05) is 17.7 Å². The lowest BCUT2D eigenvalue weighted by Gasteiger charge is -2.26. The molecule has 2 aromatic carbocycles. The molecule has 1 amide bonds. The fraction of sp³-hybridized carbons (Fsp3) is 0.304. The van der Waals surface area contributed by atoms with Gasteiger partial charge in [0.2, 0.25) is 0 Å². The maximum Gasteiger partial charge on any atom is 0.295 e. The molecule has 2 aromatic rings. The molecule has 1 heterocycles. The molecule has 1 fully saturated rings. The fourth-order valence-electron chi connectivity index (χ4n) is 3.48. The Morgan fingerprint density at radius 2 is 1.94 bits per heavy atom. The lowest BCUT2D eigenvalue weighted by Crippen LogP contribution is -2.33. The van der Waals surface area contributed by atoms with Crippen LogP contribution in [0.1, 0.15) is 31.0 Å². The molecule has 1 unspecified atom stereocenters. The Morgan fingerprint density at radius 3 is 2.58 bits per heavy atom. The third-order valence-electron chi connectivity index (χ3n) is 4.95. The zero-order valence-electron chi connectivity index (χ0n) is 17.4. The molecule has 6 nitrogen and oxygen atoms in total. The van der Waals surface area contributed by atoms with Crippen LogP contribution in [0.4, 0.5) is 4.39 Å². The summed E-state index contributed by atoms with van der Waals surface area (Å²) in [5.41, 5.74) is -0.0413. The first kappa shape index (κ1) is 22.8. The molecular formula is C23H23ClFNO5. The Kier molecular flexibility index (Phi) is 6.97. The number of nitrogens with zero attached hydrogens (tertiary/aromatic N) is 1. The first-order valence-electron chi connectivity index (χ1n) is 9.74. The Hall–Kier alpha value is -2.90. The van der Waals surface area contributed by atoms with Crippen LogP contribution in [0.5, 0.6) is 5.75 Å². The van der Waals surface area contributed by atoms with Crippen LogP contribution in [0.2, 0.25) is 5.02 Å². The van der Waals surface area contributed by atoms with Crippen molar-refractivity contribution in [3.8, 4) is 5.75 Å². The Balaban J connectivity index is 2.17. The summed E-state index contributed by atoms with van der Waals surface area (Å²) in [4.78, 5) is 27.0. The minimum atomic E-state index is -1.13. The maximum absolute atomic E-state index is 14.7. The van der Waals surface area contributed by atoms with E-state index in [4.69, 9.17) is 21.1 Å². The van der Waals surface area contributed by atoms with Crippen molar-refractivity contribution < 1.29 is 28.6 Å². The van der Waals surface area contributed by atoms with Crippen molar-refractivity contribution in [1.29, 1.82) is 0 Å². The zero-order valence-corrected chi connectivity index (χ0v) is 18.1. The number of aliphatic hydroxyl groups is 1. The van der Waals surface area contributed by atoms with Crippen LogP contribution in [0.15, 0.2) is 48.0 Å². The largest absolute Gasteiger partial charge is 0.507 e. The number of likely N-dealkylation sites (tertiary alicyclic amines) is 1. The molecule has 1 atom stereocenters. The number of rotatable bonds is 7. The maximum atomic E-state index is 14.7. The smallest absolute Gasteiger partial charge is 0.295 e. The highest BCUT2D eigenvalue weighted by Crippen LogP contribution is 2.41. The molecule has 0 spiro atoms. The van der Waals surface area contributed by atoms with E-state index in [9.17, 15) is 19.1 Å². The second-order valence-electron chi connectivity index (χ2n) is 7.28. The van der Waals surface area contributed by atoms with E-state index < -0.39 is 29.3 Å². The monoisotopic (exact) mass is 447 g/mol. The number of halogens is 2. The fourth-order valence-corrected chi connectivity index (χ4v) is 3.68. The van der Waals surface area contributed by atoms with Crippen molar-refractivity contribution in [3.05, 3.63) is 70.0 Å². The van der Waals surface area contributed by atoms with Gasteiger partial charge < -0.3 is 19.5 Å². The number of carbonyl (C=O) groups excluding carboxylic acids is 2. The number of carbonyl (C=O) groups is 2. The number of ketones is 1. The van der Waals surface area contributed by atoms with Gasteiger partial charge >= 0.3 is 0 Å². The van der Waals surface area contributed by atoms with Gasteiger partial charge in [0.05, 0.1) is 36.5 Å². The number of methoxy groups -OCH3 is 1. The topological polar surface area (TPSA) is 76.1 Å². The van der Waals surface area contributed by atoms with Crippen LogP contribution in [-0.2, 0) is 14.3 Å². The predicted molar refractivity (Wildman–Crippen MR) is 115 cm³/mol. The third-order valence-corrected chi connectivity index (χ3v) is 5.28. The van der Waals surface area contributed by atoms with Crippen LogP contribution in [0.25, 0.3) is 5.76 Å². The summed E-state index contributed by atoms with van der Waals surface area (Å²) in [6.45, 7) is 3.88. The summed E-state index contributed by atoms with van der Waals surface area (Å²) in [5, 5.41) is 11.2. The van der Waals surface area contributed by atoms with E-state index >= 15 is 0 Å². The molecule has 0 radical (unpaired) electrons. The van der Waals surface area contributed by atoms with Gasteiger partial charge in [-0.1, -0.05) is 29.8 Å². The van der Waals surface area contributed by atoms with Gasteiger partial charge in [-0.2, -0.15) is 0 Å². The van der Waals surface area contributed by atoms with E-state index in [1.54, 1.807) is 12.1 Å². The van der Waals surface area contributed by atoms with Gasteiger partial charge in [0.1, 0.15) is 17.3 Å². The summed E-state index contributed by atoms with van der Waals surface area (Å²) in [6, 6.07) is 9.23. The number of hydrogen-bond donors (Lipinski definition) is 1. The molecular weight excluding hydrogens is 425 g/mol. The molecule has 1 aliphatic rings. The molecule has 0 bridgehead atoms. The van der Waals surface area contributed by atoms with Gasteiger partial charge in [-0.05, 0) is 38.1 Å². The number of aliphatic hydroxyl groups excluding tert-OH is 1. The lowest BCUT2D eigenvalue weighted by molar-refractivity contribution is -0.140. The van der Waals surface area contributed by atoms with E-state index in [0.29, 0.717) is 5.75 Å². The predicted octanol–water partition coefficient (Wildman–Crippen LogP) is 4.33. The molecule has 0 aliphatic carbocycles. The summed E-state index contributed by atoms with van der Waals surface area (Å²) in [6.07, 6.45) is -0.0840. The Labute approximate surface area is 184 Å². The molecule has 1 aliphatic heterocycles. The first-order chi connectivity index (χ1) is 14.8. The van der Waals surface area contributed by atoms with Crippen molar-refractivity contribution >= 4 is 29.1 Å². The third kappa shape index (κ3) is 4.57. The number of hydrogen-bond acceptors (Lipinski definition) is 5. The van der Waals surface area contributed by atoms with E-state index in [1.165, 1.54) is 42.3 Å². The first-order valence-corrected chi connectivity index (χ1v) is 10.1. The highest BCUT2D eigenvalue weighted by atomic mass is 35.5. The normalized spacial score (nSPS) is 18.1. The van der Waals surface area contributed by atoms with E-state index in [2.05, 4.69) is 0 Å². The van der Waals surface area contributed by atoms with Crippen LogP contribution in [-0.4, -0.2) is 48.1 Å². The zero-order chi connectivity index (χ0) is 22.7. The summed E-state index contributed by atoms with van der Waals surface area (Å²) >= 11 is 6.24. The molecule has 1 saturated heterocycles. The van der Waals surface area contributed by atoms with Crippen LogP contribution < -0.4 is 4.74 Å². The van der Waals surface area contributed by atoms with Gasteiger partial charge in [-0.25, -0.2) is 4.39 Å². The van der Waals surface area contributed by atoms with Crippen LogP contribution in [0.3, 0.4) is 0 Å². The lowest BCUT2D eigenvalue weighted by atomic mass is 9.95. The minimum Gasteiger partial charge on any atom is -0.507 e.